The molecule has 150 valence electrons. The van der Waals surface area contributed by atoms with Gasteiger partial charge in [0.15, 0.2) is 0 Å². The van der Waals surface area contributed by atoms with Gasteiger partial charge in [0.1, 0.15) is 11.4 Å². The first-order chi connectivity index (χ1) is 14.7. The topological polar surface area (TPSA) is 79.4 Å². The lowest BCUT2D eigenvalue weighted by molar-refractivity contribution is 0.0950. The third-order valence-corrected chi connectivity index (χ3v) is 4.77. The molecule has 0 aliphatic carbocycles. The first-order valence-electron chi connectivity index (χ1n) is 9.77. The SMILES string of the molecule is CCOc1cccc(-c2cc(C(=O)NN=C(C)c3cccc4ccccc34)[nH]n2)c1. The maximum Gasteiger partial charge on any atom is 0.289 e. The second-order valence-electron chi connectivity index (χ2n) is 6.79. The van der Waals surface area contributed by atoms with Crippen molar-refractivity contribution in [1.82, 2.24) is 15.6 Å². The Bertz CT molecular complexity index is 1220. The zero-order valence-corrected chi connectivity index (χ0v) is 16.8. The summed E-state index contributed by atoms with van der Waals surface area (Å²) < 4.78 is 5.52. The number of benzene rings is 3. The predicted molar refractivity (Wildman–Crippen MR) is 119 cm³/mol. The average molecular weight is 398 g/mol. The lowest BCUT2D eigenvalue weighted by Crippen LogP contribution is -2.19. The highest BCUT2D eigenvalue weighted by Gasteiger charge is 2.12. The summed E-state index contributed by atoms with van der Waals surface area (Å²) in [5, 5.41) is 13.5. The molecule has 2 N–H and O–H groups in total. The number of hydrazone groups is 1. The van der Waals surface area contributed by atoms with Gasteiger partial charge in [0.05, 0.1) is 18.0 Å². The van der Waals surface area contributed by atoms with Crippen molar-refractivity contribution in [2.45, 2.75) is 13.8 Å². The Kier molecular flexibility index (Phi) is 5.57. The van der Waals surface area contributed by atoms with Crippen LogP contribution in [-0.2, 0) is 0 Å². The van der Waals surface area contributed by atoms with E-state index in [0.29, 0.717) is 18.0 Å². The molecular weight excluding hydrogens is 376 g/mol. The number of H-pyrrole nitrogens is 1. The van der Waals surface area contributed by atoms with Gasteiger partial charge in [-0.2, -0.15) is 10.2 Å². The maximum absolute atomic E-state index is 12.5. The van der Waals surface area contributed by atoms with Gasteiger partial charge < -0.3 is 4.74 Å². The zero-order valence-electron chi connectivity index (χ0n) is 16.8. The molecule has 0 atom stereocenters. The molecule has 3 aromatic carbocycles. The number of nitrogens with one attached hydrogen (secondary N) is 2. The molecule has 30 heavy (non-hydrogen) atoms. The van der Waals surface area contributed by atoms with Gasteiger partial charge >= 0.3 is 0 Å². The monoisotopic (exact) mass is 398 g/mol. The van der Waals surface area contributed by atoms with E-state index in [0.717, 1.165) is 33.4 Å². The maximum atomic E-state index is 12.5. The Balaban J connectivity index is 1.51. The van der Waals surface area contributed by atoms with E-state index in [4.69, 9.17) is 4.74 Å². The molecule has 6 nitrogen and oxygen atoms in total. The Hall–Kier alpha value is -3.93. The molecule has 0 aliphatic heterocycles. The summed E-state index contributed by atoms with van der Waals surface area (Å²) in [7, 11) is 0. The van der Waals surface area contributed by atoms with E-state index < -0.39 is 0 Å². The van der Waals surface area contributed by atoms with Gasteiger partial charge in [-0.05, 0) is 42.8 Å². The highest BCUT2D eigenvalue weighted by atomic mass is 16.5. The van der Waals surface area contributed by atoms with Crippen LogP contribution in [0.25, 0.3) is 22.0 Å². The number of ether oxygens (including phenoxy) is 1. The van der Waals surface area contributed by atoms with Crippen molar-refractivity contribution >= 4 is 22.4 Å². The molecule has 0 saturated carbocycles. The van der Waals surface area contributed by atoms with Crippen molar-refractivity contribution in [2.24, 2.45) is 5.10 Å². The van der Waals surface area contributed by atoms with Crippen molar-refractivity contribution in [3.63, 3.8) is 0 Å². The van der Waals surface area contributed by atoms with Crippen LogP contribution in [0.5, 0.6) is 5.75 Å². The molecule has 0 aliphatic rings. The molecule has 1 heterocycles. The minimum absolute atomic E-state index is 0.335. The number of hydrogen-bond donors (Lipinski definition) is 2. The van der Waals surface area contributed by atoms with Crippen LogP contribution in [0.3, 0.4) is 0 Å². The zero-order chi connectivity index (χ0) is 20.9. The van der Waals surface area contributed by atoms with E-state index in [1.165, 1.54) is 0 Å². The van der Waals surface area contributed by atoms with Crippen molar-refractivity contribution in [2.75, 3.05) is 6.61 Å². The lowest BCUT2D eigenvalue weighted by atomic mass is 10.0. The van der Waals surface area contributed by atoms with Gasteiger partial charge in [-0.1, -0.05) is 54.6 Å². The van der Waals surface area contributed by atoms with Crippen LogP contribution in [0.4, 0.5) is 0 Å². The van der Waals surface area contributed by atoms with Gasteiger partial charge in [0.2, 0.25) is 0 Å². The number of amides is 1. The summed E-state index contributed by atoms with van der Waals surface area (Å²) in [5.41, 5.74) is 6.18. The summed E-state index contributed by atoms with van der Waals surface area (Å²) in [6.45, 7) is 4.40. The van der Waals surface area contributed by atoms with Crippen LogP contribution in [0.2, 0.25) is 0 Å². The number of carbonyl (C=O) groups excluding carboxylic acids is 1. The normalized spacial score (nSPS) is 11.5. The predicted octanol–water partition coefficient (Wildman–Crippen LogP) is 4.78. The number of aromatic nitrogens is 2. The van der Waals surface area contributed by atoms with Gasteiger partial charge in [0.25, 0.3) is 5.91 Å². The van der Waals surface area contributed by atoms with Crippen molar-refractivity contribution in [1.29, 1.82) is 0 Å². The molecule has 4 rings (SSSR count). The quantitative estimate of drug-likeness (QED) is 0.362. The van der Waals surface area contributed by atoms with Crippen molar-refractivity contribution in [3.05, 3.63) is 84.1 Å². The summed E-state index contributed by atoms with van der Waals surface area (Å²) in [4.78, 5) is 12.5. The third kappa shape index (κ3) is 4.07. The number of carbonyl (C=O) groups is 1. The van der Waals surface area contributed by atoms with Crippen LogP contribution in [0.1, 0.15) is 29.9 Å². The fourth-order valence-electron chi connectivity index (χ4n) is 3.29. The second-order valence-corrected chi connectivity index (χ2v) is 6.79. The van der Waals surface area contributed by atoms with Crippen LogP contribution < -0.4 is 10.2 Å². The Labute approximate surface area is 174 Å². The number of nitrogens with zero attached hydrogens (tertiary/aromatic N) is 2. The standard InChI is InChI=1S/C24H22N4O2/c1-3-30-19-11-6-10-18(14-19)22-15-23(27-26-22)24(29)28-25-16(2)20-13-7-9-17-8-4-5-12-21(17)20/h4-15H,3H2,1-2H3,(H,26,27)(H,28,29). The van der Waals surface area contributed by atoms with Gasteiger partial charge in [-0.3, -0.25) is 9.89 Å². The van der Waals surface area contributed by atoms with Crippen LogP contribution in [0, 0.1) is 0 Å². The number of hydrogen-bond acceptors (Lipinski definition) is 4. The molecule has 4 aromatic rings. The van der Waals surface area contributed by atoms with Gasteiger partial charge in [-0.25, -0.2) is 5.43 Å². The third-order valence-electron chi connectivity index (χ3n) is 4.77. The molecule has 0 radical (unpaired) electrons. The summed E-state index contributed by atoms with van der Waals surface area (Å²) >= 11 is 0. The minimum Gasteiger partial charge on any atom is -0.494 e. The van der Waals surface area contributed by atoms with E-state index in [1.54, 1.807) is 6.07 Å². The van der Waals surface area contributed by atoms with Crippen molar-refractivity contribution in [3.8, 4) is 17.0 Å². The van der Waals surface area contributed by atoms with Crippen molar-refractivity contribution < 1.29 is 9.53 Å². The van der Waals surface area contributed by atoms with Crippen LogP contribution in [-0.4, -0.2) is 28.4 Å². The first-order valence-corrected chi connectivity index (χ1v) is 9.77. The lowest BCUT2D eigenvalue weighted by Gasteiger charge is -2.06. The summed E-state index contributed by atoms with van der Waals surface area (Å²) in [6, 6.07) is 23.4. The van der Waals surface area contributed by atoms with Crippen LogP contribution >= 0.6 is 0 Å². The molecule has 1 aromatic heterocycles. The highest BCUT2D eigenvalue weighted by molar-refractivity contribution is 6.10. The minimum atomic E-state index is -0.353. The fourth-order valence-corrected chi connectivity index (χ4v) is 3.29. The largest absolute Gasteiger partial charge is 0.494 e. The summed E-state index contributed by atoms with van der Waals surface area (Å²) in [6.07, 6.45) is 0. The van der Waals surface area contributed by atoms with E-state index >= 15 is 0 Å². The smallest absolute Gasteiger partial charge is 0.289 e. The molecule has 6 heteroatoms. The Morgan fingerprint density at radius 3 is 2.73 bits per heavy atom. The molecule has 0 bridgehead atoms. The van der Waals surface area contributed by atoms with E-state index in [1.807, 2.05) is 68.4 Å². The molecule has 0 spiro atoms. The fraction of sp³-hybridized carbons (Fsp3) is 0.125. The van der Waals surface area contributed by atoms with Gasteiger partial charge in [0, 0.05) is 11.1 Å². The molecule has 0 unspecified atom stereocenters. The Morgan fingerprint density at radius 2 is 1.87 bits per heavy atom. The van der Waals surface area contributed by atoms with Gasteiger partial charge in [-0.15, -0.1) is 0 Å². The first kappa shape index (κ1) is 19.4. The number of rotatable bonds is 6. The van der Waals surface area contributed by atoms with E-state index in [-0.39, 0.29) is 5.91 Å². The molecule has 0 saturated heterocycles. The molecule has 1 amide bonds. The molecular formula is C24H22N4O2. The van der Waals surface area contributed by atoms with E-state index in [9.17, 15) is 4.79 Å². The average Bonchev–Trinajstić information content (AvgIpc) is 3.28. The summed E-state index contributed by atoms with van der Waals surface area (Å²) in [5.74, 6) is 0.411. The van der Waals surface area contributed by atoms with Crippen LogP contribution in [0.15, 0.2) is 77.9 Å². The highest BCUT2D eigenvalue weighted by Crippen LogP contribution is 2.23. The number of aromatic amines is 1. The Morgan fingerprint density at radius 1 is 1.07 bits per heavy atom. The second kappa shape index (κ2) is 8.61. The number of fused-ring (bicyclic) bond motifs is 1. The van der Waals surface area contributed by atoms with E-state index in [2.05, 4.69) is 32.9 Å². The molecule has 0 fully saturated rings.